The molecule has 150 valence electrons. The zero-order valence-electron chi connectivity index (χ0n) is 15.9. The van der Waals surface area contributed by atoms with E-state index in [1.54, 1.807) is 4.90 Å². The molecular weight excluding hydrogens is 416 g/mol. The highest BCUT2D eigenvalue weighted by molar-refractivity contribution is 8.00. The molecule has 28 heavy (non-hydrogen) atoms. The number of nitrogens with one attached hydrogen (secondary N) is 1. The van der Waals surface area contributed by atoms with E-state index in [2.05, 4.69) is 14.1 Å². The van der Waals surface area contributed by atoms with Crippen molar-refractivity contribution in [2.45, 2.75) is 37.8 Å². The van der Waals surface area contributed by atoms with Gasteiger partial charge in [0.15, 0.2) is 0 Å². The lowest BCUT2D eigenvalue weighted by molar-refractivity contribution is -0.133. The minimum atomic E-state index is -0.129. The first-order chi connectivity index (χ1) is 13.4. The lowest BCUT2D eigenvalue weighted by Crippen LogP contribution is -2.47. The Hall–Kier alpha value is -1.64. The Morgan fingerprint density at radius 1 is 1.32 bits per heavy atom. The maximum Gasteiger partial charge on any atom is 0.233 e. The van der Waals surface area contributed by atoms with E-state index in [1.165, 1.54) is 11.8 Å². The second-order valence-corrected chi connectivity index (χ2v) is 8.98. The molecule has 0 aliphatic carbocycles. The van der Waals surface area contributed by atoms with E-state index in [9.17, 15) is 9.59 Å². The number of benzene rings is 1. The number of amides is 2. The van der Waals surface area contributed by atoms with Gasteiger partial charge in [0.05, 0.1) is 23.4 Å². The van der Waals surface area contributed by atoms with Gasteiger partial charge in [-0.15, -0.1) is 0 Å². The van der Waals surface area contributed by atoms with Crippen LogP contribution in [0.15, 0.2) is 29.3 Å². The summed E-state index contributed by atoms with van der Waals surface area (Å²) in [7, 11) is 0. The minimum Gasteiger partial charge on any atom is -0.354 e. The molecule has 3 rings (SSSR count). The molecule has 2 amide bonds. The van der Waals surface area contributed by atoms with Crippen molar-refractivity contribution >= 4 is 46.9 Å². The number of hydrogen-bond acceptors (Lipinski definition) is 6. The fourth-order valence-electron chi connectivity index (χ4n) is 3.10. The minimum absolute atomic E-state index is 0.0297. The van der Waals surface area contributed by atoms with Gasteiger partial charge in [-0.2, -0.15) is 8.75 Å². The number of hydrogen-bond donors (Lipinski definition) is 1. The molecule has 1 aliphatic rings. The Labute approximate surface area is 178 Å². The summed E-state index contributed by atoms with van der Waals surface area (Å²) >= 11 is 8.46. The van der Waals surface area contributed by atoms with Crippen LogP contribution in [0.3, 0.4) is 0 Å². The van der Waals surface area contributed by atoms with Crippen molar-refractivity contribution in [3.05, 3.63) is 29.3 Å². The van der Waals surface area contributed by atoms with Gasteiger partial charge in [-0.05, 0) is 38.8 Å². The standard InChI is InChI=1S/C19H23ClN4O2S2/c1-12(2)21-18(26)14-4-3-9-24(10-14)16(25)11-27-19-17(22-28-23-19)13-5-7-15(20)8-6-13/h5-8,12,14H,3-4,9-11H2,1-2H3,(H,21,26). The molecule has 1 aliphatic heterocycles. The van der Waals surface area contributed by atoms with Gasteiger partial charge < -0.3 is 10.2 Å². The summed E-state index contributed by atoms with van der Waals surface area (Å²) in [5, 5.41) is 4.35. The molecular formula is C19H23ClN4O2S2. The van der Waals surface area contributed by atoms with E-state index in [1.807, 2.05) is 38.1 Å². The van der Waals surface area contributed by atoms with Crippen molar-refractivity contribution in [1.82, 2.24) is 19.0 Å². The van der Waals surface area contributed by atoms with Crippen LogP contribution in [0.5, 0.6) is 0 Å². The monoisotopic (exact) mass is 438 g/mol. The molecule has 1 N–H and O–H groups in total. The molecule has 0 bridgehead atoms. The van der Waals surface area contributed by atoms with Crippen molar-refractivity contribution in [2.24, 2.45) is 5.92 Å². The first kappa shape index (κ1) is 21.1. The lowest BCUT2D eigenvalue weighted by atomic mass is 9.97. The van der Waals surface area contributed by atoms with Crippen molar-refractivity contribution in [2.75, 3.05) is 18.8 Å². The van der Waals surface area contributed by atoms with Crippen molar-refractivity contribution < 1.29 is 9.59 Å². The highest BCUT2D eigenvalue weighted by Crippen LogP contribution is 2.30. The van der Waals surface area contributed by atoms with Crippen LogP contribution in [0.2, 0.25) is 5.02 Å². The maximum atomic E-state index is 12.7. The van der Waals surface area contributed by atoms with Crippen molar-refractivity contribution in [1.29, 1.82) is 0 Å². The predicted molar refractivity (Wildman–Crippen MR) is 114 cm³/mol. The van der Waals surface area contributed by atoms with Gasteiger partial charge in [0, 0.05) is 29.7 Å². The van der Waals surface area contributed by atoms with E-state index in [0.717, 1.165) is 40.9 Å². The Morgan fingerprint density at radius 2 is 2.07 bits per heavy atom. The number of piperidine rings is 1. The molecule has 1 aromatic heterocycles. The van der Waals surface area contributed by atoms with Crippen LogP contribution in [0.1, 0.15) is 26.7 Å². The fourth-order valence-corrected chi connectivity index (χ4v) is 4.81. The molecule has 2 aromatic rings. The van der Waals surface area contributed by atoms with Gasteiger partial charge >= 0.3 is 0 Å². The summed E-state index contributed by atoms with van der Waals surface area (Å²) < 4.78 is 8.69. The molecule has 6 nitrogen and oxygen atoms in total. The fraction of sp³-hybridized carbons (Fsp3) is 0.474. The third-order valence-corrected chi connectivity index (χ3v) is 6.33. The van der Waals surface area contributed by atoms with E-state index in [4.69, 9.17) is 11.6 Å². The van der Waals surface area contributed by atoms with Crippen LogP contribution in [0.25, 0.3) is 11.3 Å². The number of carbonyl (C=O) groups is 2. The number of thioether (sulfide) groups is 1. The Bertz CT molecular complexity index is 826. The molecule has 1 unspecified atom stereocenters. The predicted octanol–water partition coefficient (Wildman–Crippen LogP) is 3.71. The second kappa shape index (κ2) is 9.71. The third kappa shape index (κ3) is 5.46. The number of carbonyl (C=O) groups excluding carboxylic acids is 2. The molecule has 0 saturated carbocycles. The SMILES string of the molecule is CC(C)NC(=O)C1CCCN(C(=O)CSc2nsnc2-c2ccc(Cl)cc2)C1. The van der Waals surface area contributed by atoms with Gasteiger partial charge in [-0.3, -0.25) is 9.59 Å². The van der Waals surface area contributed by atoms with E-state index in [0.29, 0.717) is 18.1 Å². The van der Waals surface area contributed by atoms with Crippen LogP contribution in [0, 0.1) is 5.92 Å². The molecule has 0 radical (unpaired) electrons. The van der Waals surface area contributed by atoms with Gasteiger partial charge in [0.2, 0.25) is 11.8 Å². The quantitative estimate of drug-likeness (QED) is 0.695. The van der Waals surface area contributed by atoms with E-state index >= 15 is 0 Å². The van der Waals surface area contributed by atoms with Crippen LogP contribution in [0.4, 0.5) is 0 Å². The van der Waals surface area contributed by atoms with Gasteiger partial charge in [-0.25, -0.2) is 0 Å². The molecule has 9 heteroatoms. The summed E-state index contributed by atoms with van der Waals surface area (Å²) in [6.07, 6.45) is 1.67. The highest BCUT2D eigenvalue weighted by Gasteiger charge is 2.28. The van der Waals surface area contributed by atoms with Gasteiger partial charge in [0.1, 0.15) is 10.7 Å². The van der Waals surface area contributed by atoms with E-state index in [-0.39, 0.29) is 29.5 Å². The first-order valence-electron chi connectivity index (χ1n) is 9.23. The molecule has 2 heterocycles. The zero-order valence-corrected chi connectivity index (χ0v) is 18.2. The van der Waals surface area contributed by atoms with Gasteiger partial charge in [-0.1, -0.05) is 35.5 Å². The Balaban J connectivity index is 1.58. The Morgan fingerprint density at radius 3 is 2.79 bits per heavy atom. The number of halogens is 1. The summed E-state index contributed by atoms with van der Waals surface area (Å²) in [4.78, 5) is 26.7. The van der Waals surface area contributed by atoms with Crippen LogP contribution < -0.4 is 5.32 Å². The summed E-state index contributed by atoms with van der Waals surface area (Å²) in [5.41, 5.74) is 1.70. The largest absolute Gasteiger partial charge is 0.354 e. The van der Waals surface area contributed by atoms with Crippen LogP contribution in [-0.4, -0.2) is 50.3 Å². The summed E-state index contributed by atoms with van der Waals surface area (Å²) in [5.74, 6) is 0.219. The van der Waals surface area contributed by atoms with Crippen LogP contribution in [-0.2, 0) is 9.59 Å². The maximum absolute atomic E-state index is 12.7. The molecule has 1 fully saturated rings. The van der Waals surface area contributed by atoms with Crippen molar-refractivity contribution in [3.8, 4) is 11.3 Å². The van der Waals surface area contributed by atoms with E-state index < -0.39 is 0 Å². The van der Waals surface area contributed by atoms with Gasteiger partial charge in [0.25, 0.3) is 0 Å². The van der Waals surface area contributed by atoms with Crippen LogP contribution >= 0.6 is 35.1 Å². The Kier molecular flexibility index (Phi) is 7.31. The molecule has 0 spiro atoms. The topological polar surface area (TPSA) is 75.2 Å². The number of rotatable bonds is 6. The number of nitrogens with zero attached hydrogens (tertiary/aromatic N) is 3. The van der Waals surface area contributed by atoms with Crippen molar-refractivity contribution in [3.63, 3.8) is 0 Å². The number of aromatic nitrogens is 2. The molecule has 1 aromatic carbocycles. The first-order valence-corrected chi connectivity index (χ1v) is 11.3. The second-order valence-electron chi connectivity index (χ2n) is 7.06. The average molecular weight is 439 g/mol. The zero-order chi connectivity index (χ0) is 20.1. The normalized spacial score (nSPS) is 17.0. The smallest absolute Gasteiger partial charge is 0.233 e. The molecule has 1 saturated heterocycles. The lowest BCUT2D eigenvalue weighted by Gasteiger charge is -2.32. The summed E-state index contributed by atoms with van der Waals surface area (Å²) in [6.45, 7) is 5.07. The average Bonchev–Trinajstić information content (AvgIpc) is 3.15. The molecule has 1 atom stereocenters. The highest BCUT2D eigenvalue weighted by atomic mass is 35.5. The summed E-state index contributed by atoms with van der Waals surface area (Å²) in [6, 6.07) is 7.52. The third-order valence-electron chi connectivity index (χ3n) is 4.48. The number of likely N-dealkylation sites (tertiary alicyclic amines) is 1.